The Labute approximate surface area is 159 Å². The van der Waals surface area contributed by atoms with Gasteiger partial charge in [0.1, 0.15) is 12.5 Å². The zero-order valence-corrected chi connectivity index (χ0v) is 15.8. The molecule has 0 radical (unpaired) electrons. The van der Waals surface area contributed by atoms with Gasteiger partial charge in [-0.1, -0.05) is 49.9 Å². The highest BCUT2D eigenvalue weighted by molar-refractivity contribution is 5.78. The van der Waals surface area contributed by atoms with E-state index in [0.29, 0.717) is 12.2 Å². The van der Waals surface area contributed by atoms with Crippen LogP contribution in [0.1, 0.15) is 43.7 Å². The number of hydrogen-bond acceptors (Lipinski definition) is 4. The average molecular weight is 372 g/mol. The molecule has 2 aromatic carbocycles. The SMILES string of the molecule is C=O.CCCCCC1Cc2ccc(Oc3ccc(C)cc3)c(F)c2OC1=O. The first kappa shape index (κ1) is 20.6. The summed E-state index contributed by atoms with van der Waals surface area (Å²) in [5.74, 6) is -0.499. The van der Waals surface area contributed by atoms with Crippen LogP contribution in [0.4, 0.5) is 4.39 Å². The Morgan fingerprint density at radius 3 is 2.52 bits per heavy atom. The quantitative estimate of drug-likeness (QED) is 0.387. The van der Waals surface area contributed by atoms with Crippen molar-refractivity contribution in [1.29, 1.82) is 0 Å². The maximum atomic E-state index is 14.7. The van der Waals surface area contributed by atoms with Crippen molar-refractivity contribution in [3.8, 4) is 17.2 Å². The molecule has 0 N–H and O–H groups in total. The number of halogens is 1. The molecule has 0 amide bonds. The van der Waals surface area contributed by atoms with Crippen LogP contribution >= 0.6 is 0 Å². The number of ether oxygens (including phenoxy) is 2. The van der Waals surface area contributed by atoms with E-state index in [-0.39, 0.29) is 23.4 Å². The van der Waals surface area contributed by atoms with Crippen molar-refractivity contribution in [2.24, 2.45) is 5.92 Å². The van der Waals surface area contributed by atoms with Crippen LogP contribution in [0.3, 0.4) is 0 Å². The summed E-state index contributed by atoms with van der Waals surface area (Å²) in [5, 5.41) is 0. The van der Waals surface area contributed by atoms with Crippen LogP contribution in [-0.4, -0.2) is 12.8 Å². The fraction of sp³-hybridized carbons (Fsp3) is 0.364. The van der Waals surface area contributed by atoms with Gasteiger partial charge in [-0.05, 0) is 43.5 Å². The second-order valence-electron chi connectivity index (χ2n) is 6.60. The minimum Gasteiger partial charge on any atom is -0.454 e. The molecule has 3 rings (SSSR count). The second kappa shape index (κ2) is 9.86. The van der Waals surface area contributed by atoms with Crippen molar-refractivity contribution in [2.45, 2.75) is 46.0 Å². The highest BCUT2D eigenvalue weighted by atomic mass is 19.1. The van der Waals surface area contributed by atoms with Gasteiger partial charge in [0.2, 0.25) is 5.82 Å². The van der Waals surface area contributed by atoms with Crippen LogP contribution in [0, 0.1) is 18.7 Å². The Bertz CT molecular complexity index is 771. The third kappa shape index (κ3) is 5.16. The standard InChI is InChI=1S/C21H23FO3.CH2O/c1-3-4-5-6-16-13-15-9-12-18(19(22)20(15)25-21(16)23)24-17-10-7-14(2)8-11-17;1-2/h7-12,16H,3-6,13H2,1-2H3;1H2. The Kier molecular flexibility index (Phi) is 7.53. The van der Waals surface area contributed by atoms with E-state index in [1.54, 1.807) is 24.3 Å². The van der Waals surface area contributed by atoms with Crippen molar-refractivity contribution in [2.75, 3.05) is 0 Å². The summed E-state index contributed by atoms with van der Waals surface area (Å²) in [5.41, 5.74) is 1.83. The van der Waals surface area contributed by atoms with Gasteiger partial charge in [0, 0.05) is 0 Å². The Hall–Kier alpha value is -2.69. The van der Waals surface area contributed by atoms with Crippen LogP contribution in [0.25, 0.3) is 0 Å². The molecule has 0 spiro atoms. The third-order valence-electron chi connectivity index (χ3n) is 4.55. The molecule has 1 heterocycles. The van der Waals surface area contributed by atoms with Gasteiger partial charge >= 0.3 is 5.97 Å². The zero-order valence-electron chi connectivity index (χ0n) is 15.8. The first-order valence-electron chi connectivity index (χ1n) is 9.15. The molecule has 27 heavy (non-hydrogen) atoms. The van der Waals surface area contributed by atoms with Gasteiger partial charge in [-0.3, -0.25) is 4.79 Å². The van der Waals surface area contributed by atoms with Crippen LogP contribution < -0.4 is 9.47 Å². The molecule has 144 valence electrons. The molecule has 1 aliphatic heterocycles. The summed E-state index contributed by atoms with van der Waals surface area (Å²) in [4.78, 5) is 20.2. The molecule has 0 fully saturated rings. The number of unbranched alkanes of at least 4 members (excludes halogenated alkanes) is 2. The normalized spacial score (nSPS) is 15.2. The maximum absolute atomic E-state index is 14.7. The summed E-state index contributed by atoms with van der Waals surface area (Å²) < 4.78 is 25.6. The van der Waals surface area contributed by atoms with Gasteiger partial charge in [0.25, 0.3) is 0 Å². The highest BCUT2D eigenvalue weighted by Crippen LogP contribution is 2.38. The van der Waals surface area contributed by atoms with Gasteiger partial charge in [0.05, 0.1) is 5.92 Å². The Morgan fingerprint density at radius 1 is 1.15 bits per heavy atom. The summed E-state index contributed by atoms with van der Waals surface area (Å²) in [6.07, 6.45) is 4.50. The van der Waals surface area contributed by atoms with E-state index in [4.69, 9.17) is 14.3 Å². The fourth-order valence-corrected chi connectivity index (χ4v) is 3.05. The monoisotopic (exact) mass is 372 g/mol. The summed E-state index contributed by atoms with van der Waals surface area (Å²) >= 11 is 0. The molecule has 4 nitrogen and oxygen atoms in total. The molecule has 0 saturated heterocycles. The number of aryl methyl sites for hydroxylation is 1. The third-order valence-corrected chi connectivity index (χ3v) is 4.55. The zero-order chi connectivity index (χ0) is 19.8. The molecule has 1 aliphatic rings. The van der Waals surface area contributed by atoms with Crippen LogP contribution in [0.5, 0.6) is 17.2 Å². The molecule has 1 atom stereocenters. The minimum absolute atomic E-state index is 0.0151. The predicted octanol–water partition coefficient (Wildman–Crippen LogP) is 5.40. The van der Waals surface area contributed by atoms with Gasteiger partial charge in [-0.2, -0.15) is 4.39 Å². The Balaban J connectivity index is 0.00000126. The lowest BCUT2D eigenvalue weighted by Gasteiger charge is -2.24. The predicted molar refractivity (Wildman–Crippen MR) is 102 cm³/mol. The molecular formula is C22H25FO4. The highest BCUT2D eigenvalue weighted by Gasteiger charge is 2.31. The molecule has 5 heteroatoms. The average Bonchev–Trinajstić information content (AvgIpc) is 2.68. The van der Waals surface area contributed by atoms with Crippen molar-refractivity contribution >= 4 is 12.8 Å². The van der Waals surface area contributed by atoms with Crippen molar-refractivity contribution < 1.29 is 23.5 Å². The van der Waals surface area contributed by atoms with E-state index in [2.05, 4.69) is 6.92 Å². The topological polar surface area (TPSA) is 52.6 Å². The Morgan fingerprint density at radius 2 is 1.85 bits per heavy atom. The lowest BCUT2D eigenvalue weighted by atomic mass is 9.91. The first-order chi connectivity index (χ1) is 13.1. The molecule has 0 saturated carbocycles. The number of esters is 1. The van der Waals surface area contributed by atoms with Crippen molar-refractivity contribution in [1.82, 2.24) is 0 Å². The van der Waals surface area contributed by atoms with Crippen LogP contribution in [-0.2, 0) is 16.0 Å². The van der Waals surface area contributed by atoms with E-state index < -0.39 is 5.82 Å². The molecule has 2 aromatic rings. The molecular weight excluding hydrogens is 347 g/mol. The van der Waals surface area contributed by atoms with E-state index in [9.17, 15) is 9.18 Å². The fourth-order valence-electron chi connectivity index (χ4n) is 3.05. The van der Waals surface area contributed by atoms with Crippen LogP contribution in [0.15, 0.2) is 36.4 Å². The smallest absolute Gasteiger partial charge is 0.314 e. The minimum atomic E-state index is -0.613. The number of carbonyl (C=O) groups is 2. The maximum Gasteiger partial charge on any atom is 0.314 e. The number of benzene rings is 2. The number of rotatable bonds is 6. The van der Waals surface area contributed by atoms with Gasteiger partial charge in [-0.25, -0.2) is 0 Å². The molecule has 0 bridgehead atoms. The van der Waals surface area contributed by atoms with Gasteiger partial charge in [-0.15, -0.1) is 0 Å². The first-order valence-corrected chi connectivity index (χ1v) is 9.15. The number of hydrogen-bond donors (Lipinski definition) is 0. The summed E-state index contributed by atoms with van der Waals surface area (Å²) in [6, 6.07) is 10.8. The molecule has 0 aliphatic carbocycles. The van der Waals surface area contributed by atoms with Gasteiger partial charge < -0.3 is 14.3 Å². The van der Waals surface area contributed by atoms with E-state index >= 15 is 0 Å². The van der Waals surface area contributed by atoms with Crippen molar-refractivity contribution in [3.63, 3.8) is 0 Å². The second-order valence-corrected chi connectivity index (χ2v) is 6.60. The lowest BCUT2D eigenvalue weighted by molar-refractivity contribution is -0.140. The summed E-state index contributed by atoms with van der Waals surface area (Å²) in [7, 11) is 0. The van der Waals surface area contributed by atoms with E-state index in [1.165, 1.54) is 0 Å². The number of carbonyl (C=O) groups excluding carboxylic acids is 2. The lowest BCUT2D eigenvalue weighted by Crippen LogP contribution is -2.28. The van der Waals surface area contributed by atoms with E-state index in [1.807, 2.05) is 25.8 Å². The molecule has 0 aromatic heterocycles. The molecule has 1 unspecified atom stereocenters. The largest absolute Gasteiger partial charge is 0.454 e. The van der Waals surface area contributed by atoms with Gasteiger partial charge in [0.15, 0.2) is 11.5 Å². The number of fused-ring (bicyclic) bond motifs is 1. The summed E-state index contributed by atoms with van der Waals surface area (Å²) in [6.45, 7) is 6.10. The van der Waals surface area contributed by atoms with Crippen molar-refractivity contribution in [3.05, 3.63) is 53.3 Å². The van der Waals surface area contributed by atoms with E-state index in [0.717, 1.165) is 36.8 Å². The van der Waals surface area contributed by atoms with Crippen LogP contribution in [0.2, 0.25) is 0 Å².